The van der Waals surface area contributed by atoms with E-state index in [9.17, 15) is 5.11 Å². The summed E-state index contributed by atoms with van der Waals surface area (Å²) in [6, 6.07) is 0. The molecular weight excluding hydrogens is 128 g/mol. The highest BCUT2D eigenvalue weighted by molar-refractivity contribution is 4.86. The zero-order valence-electron chi connectivity index (χ0n) is 6.98. The van der Waals surface area contributed by atoms with Crippen molar-refractivity contribution in [1.29, 1.82) is 0 Å². The first-order valence-corrected chi connectivity index (χ1v) is 3.72. The molecule has 0 spiro atoms. The van der Waals surface area contributed by atoms with E-state index >= 15 is 0 Å². The van der Waals surface area contributed by atoms with Crippen LogP contribution in [0.4, 0.5) is 0 Å². The summed E-state index contributed by atoms with van der Waals surface area (Å²) in [6.45, 7) is 7.44. The molecule has 0 aromatic heterocycles. The fraction of sp³-hybridized carbons (Fsp3) is 1.00. The van der Waals surface area contributed by atoms with E-state index in [0.717, 1.165) is 19.6 Å². The lowest BCUT2D eigenvalue weighted by Gasteiger charge is -2.41. The molecule has 0 aromatic carbocycles. The molecule has 1 aliphatic heterocycles. The van der Waals surface area contributed by atoms with Gasteiger partial charge < -0.3 is 9.84 Å². The third-order valence-electron chi connectivity index (χ3n) is 1.76. The van der Waals surface area contributed by atoms with E-state index in [1.165, 1.54) is 0 Å². The van der Waals surface area contributed by atoms with Crippen molar-refractivity contribution >= 4 is 0 Å². The molecule has 0 saturated carbocycles. The third-order valence-corrected chi connectivity index (χ3v) is 1.76. The van der Waals surface area contributed by atoms with E-state index in [0.29, 0.717) is 0 Å². The molecule has 1 saturated heterocycles. The quantitative estimate of drug-likeness (QED) is 0.630. The molecule has 0 amide bonds. The largest absolute Gasteiger partial charge is 0.390 e. The predicted molar refractivity (Wildman–Crippen MR) is 39.8 cm³/mol. The van der Waals surface area contributed by atoms with Gasteiger partial charge in [0, 0.05) is 5.41 Å². The molecule has 0 radical (unpaired) electrons. The van der Waals surface area contributed by atoms with Crippen molar-refractivity contribution in [2.45, 2.75) is 32.8 Å². The average Bonchev–Trinajstić information content (AvgIpc) is 1.57. The molecule has 60 valence electrons. The SMILES string of the molecule is CC(C)(O)CC1(C)COC1. The van der Waals surface area contributed by atoms with Gasteiger partial charge in [0.2, 0.25) is 0 Å². The molecule has 2 heteroatoms. The normalized spacial score (nSPS) is 24.0. The predicted octanol–water partition coefficient (Wildman–Crippen LogP) is 1.18. The van der Waals surface area contributed by atoms with E-state index < -0.39 is 5.60 Å². The van der Waals surface area contributed by atoms with Crippen LogP contribution in [-0.4, -0.2) is 23.9 Å². The van der Waals surface area contributed by atoms with Crippen molar-refractivity contribution in [2.24, 2.45) is 5.41 Å². The fourth-order valence-electron chi connectivity index (χ4n) is 1.60. The zero-order valence-corrected chi connectivity index (χ0v) is 6.98. The molecule has 1 heterocycles. The first-order valence-electron chi connectivity index (χ1n) is 3.72. The topological polar surface area (TPSA) is 29.5 Å². The van der Waals surface area contributed by atoms with Gasteiger partial charge in [0.15, 0.2) is 0 Å². The number of hydrogen-bond donors (Lipinski definition) is 1. The van der Waals surface area contributed by atoms with Gasteiger partial charge in [-0.05, 0) is 20.3 Å². The summed E-state index contributed by atoms with van der Waals surface area (Å²) >= 11 is 0. The number of aliphatic hydroxyl groups is 1. The first-order chi connectivity index (χ1) is 4.41. The number of rotatable bonds is 2. The van der Waals surface area contributed by atoms with Crippen LogP contribution in [0.15, 0.2) is 0 Å². The van der Waals surface area contributed by atoms with E-state index in [1.807, 2.05) is 13.8 Å². The maximum Gasteiger partial charge on any atom is 0.0598 e. The maximum atomic E-state index is 9.46. The van der Waals surface area contributed by atoms with E-state index in [-0.39, 0.29) is 5.41 Å². The highest BCUT2D eigenvalue weighted by atomic mass is 16.5. The molecule has 0 aromatic rings. The van der Waals surface area contributed by atoms with Crippen LogP contribution in [0.1, 0.15) is 27.2 Å². The second-order valence-electron chi connectivity index (χ2n) is 4.29. The first kappa shape index (κ1) is 8.02. The summed E-state index contributed by atoms with van der Waals surface area (Å²) in [4.78, 5) is 0. The van der Waals surface area contributed by atoms with Gasteiger partial charge in [-0.2, -0.15) is 0 Å². The second-order valence-corrected chi connectivity index (χ2v) is 4.29. The number of ether oxygens (including phenoxy) is 1. The molecular formula is C8H16O2. The Bertz CT molecular complexity index is 120. The Kier molecular flexibility index (Phi) is 1.77. The Morgan fingerprint density at radius 3 is 2.10 bits per heavy atom. The van der Waals surface area contributed by atoms with Crippen molar-refractivity contribution in [2.75, 3.05) is 13.2 Å². The van der Waals surface area contributed by atoms with Gasteiger partial charge in [0.25, 0.3) is 0 Å². The van der Waals surface area contributed by atoms with Gasteiger partial charge in [-0.3, -0.25) is 0 Å². The summed E-state index contributed by atoms with van der Waals surface area (Å²) in [7, 11) is 0. The average molecular weight is 144 g/mol. The molecule has 0 aliphatic carbocycles. The van der Waals surface area contributed by atoms with Crippen LogP contribution >= 0.6 is 0 Å². The molecule has 1 aliphatic rings. The molecule has 1 N–H and O–H groups in total. The van der Waals surface area contributed by atoms with Crippen LogP contribution in [0.25, 0.3) is 0 Å². The minimum Gasteiger partial charge on any atom is -0.390 e. The fourth-order valence-corrected chi connectivity index (χ4v) is 1.60. The third kappa shape index (κ3) is 1.96. The van der Waals surface area contributed by atoms with Gasteiger partial charge in [0.1, 0.15) is 0 Å². The summed E-state index contributed by atoms with van der Waals surface area (Å²) in [5, 5.41) is 9.46. The van der Waals surface area contributed by atoms with E-state index in [1.54, 1.807) is 0 Å². The van der Waals surface area contributed by atoms with Crippen molar-refractivity contribution in [3.63, 3.8) is 0 Å². The van der Waals surface area contributed by atoms with Crippen molar-refractivity contribution in [1.82, 2.24) is 0 Å². The van der Waals surface area contributed by atoms with Crippen LogP contribution in [0.5, 0.6) is 0 Å². The van der Waals surface area contributed by atoms with Crippen molar-refractivity contribution in [3.05, 3.63) is 0 Å². The standard InChI is InChI=1S/C8H16O2/c1-7(2,9)4-8(3)5-10-6-8/h9H,4-6H2,1-3H3. The van der Waals surface area contributed by atoms with Gasteiger partial charge in [0.05, 0.1) is 18.8 Å². The Morgan fingerprint density at radius 2 is 2.00 bits per heavy atom. The zero-order chi connectivity index (χ0) is 7.83. The van der Waals surface area contributed by atoms with Gasteiger partial charge in [-0.25, -0.2) is 0 Å². The van der Waals surface area contributed by atoms with Crippen molar-refractivity contribution < 1.29 is 9.84 Å². The molecule has 10 heavy (non-hydrogen) atoms. The van der Waals surface area contributed by atoms with E-state index in [4.69, 9.17) is 4.74 Å². The Morgan fingerprint density at radius 1 is 1.50 bits per heavy atom. The highest BCUT2D eigenvalue weighted by Crippen LogP contribution is 2.34. The molecule has 1 rings (SSSR count). The molecule has 2 nitrogen and oxygen atoms in total. The van der Waals surface area contributed by atoms with E-state index in [2.05, 4.69) is 6.92 Å². The minimum atomic E-state index is -0.543. The van der Waals surface area contributed by atoms with Crippen LogP contribution in [0.3, 0.4) is 0 Å². The molecule has 0 atom stereocenters. The summed E-state index contributed by atoms with van der Waals surface area (Å²) < 4.78 is 5.07. The van der Waals surface area contributed by atoms with Gasteiger partial charge in [-0.1, -0.05) is 6.92 Å². The van der Waals surface area contributed by atoms with Crippen LogP contribution in [0, 0.1) is 5.41 Å². The number of hydrogen-bond acceptors (Lipinski definition) is 2. The molecule has 1 fully saturated rings. The summed E-state index contributed by atoms with van der Waals surface area (Å²) in [6.07, 6.45) is 0.833. The molecule has 0 unspecified atom stereocenters. The Balaban J connectivity index is 2.37. The summed E-state index contributed by atoms with van der Waals surface area (Å²) in [5.41, 5.74) is -0.309. The molecule has 0 bridgehead atoms. The maximum absolute atomic E-state index is 9.46. The minimum absolute atomic E-state index is 0.234. The lowest BCUT2D eigenvalue weighted by molar-refractivity contribution is -0.134. The van der Waals surface area contributed by atoms with Crippen LogP contribution in [-0.2, 0) is 4.74 Å². The van der Waals surface area contributed by atoms with Crippen LogP contribution < -0.4 is 0 Å². The second kappa shape index (κ2) is 2.21. The Labute approximate surface area is 62.2 Å². The van der Waals surface area contributed by atoms with Crippen LogP contribution in [0.2, 0.25) is 0 Å². The lowest BCUT2D eigenvalue weighted by Crippen LogP contribution is -2.44. The summed E-state index contributed by atoms with van der Waals surface area (Å²) in [5.74, 6) is 0. The van der Waals surface area contributed by atoms with Crippen molar-refractivity contribution in [3.8, 4) is 0 Å². The lowest BCUT2D eigenvalue weighted by atomic mass is 9.79. The smallest absolute Gasteiger partial charge is 0.0598 e. The van der Waals surface area contributed by atoms with Gasteiger partial charge in [-0.15, -0.1) is 0 Å². The Hall–Kier alpha value is -0.0800. The van der Waals surface area contributed by atoms with Gasteiger partial charge >= 0.3 is 0 Å². The monoisotopic (exact) mass is 144 g/mol. The highest BCUT2D eigenvalue weighted by Gasteiger charge is 2.37.